The van der Waals surface area contributed by atoms with E-state index in [0.717, 1.165) is 21.6 Å². The Morgan fingerprint density at radius 1 is 0.944 bits per heavy atom. The molecule has 2 aromatic carbocycles. The molecular weight excluding hydrogens is 244 g/mol. The summed E-state index contributed by atoms with van der Waals surface area (Å²) < 4.78 is 2.09. The van der Waals surface area contributed by atoms with Crippen LogP contribution in [0.1, 0.15) is 0 Å². The maximum absolute atomic E-state index is 6.10. The molecule has 0 saturated carbocycles. The molecule has 0 N–H and O–H groups in total. The number of imidazole rings is 1. The Hall–Kier alpha value is -2.06. The third-order valence-electron chi connectivity index (χ3n) is 3.32. The average Bonchev–Trinajstić information content (AvgIpc) is 2.88. The zero-order chi connectivity index (χ0) is 12.1. The normalized spacial score (nSPS) is 11.6. The van der Waals surface area contributed by atoms with Gasteiger partial charge in [-0.1, -0.05) is 41.9 Å². The maximum Gasteiger partial charge on any atom is 0.145 e. The van der Waals surface area contributed by atoms with Gasteiger partial charge in [-0.3, -0.25) is 4.40 Å². The zero-order valence-electron chi connectivity index (χ0n) is 9.47. The summed E-state index contributed by atoms with van der Waals surface area (Å²) in [5.74, 6) is 0. The minimum absolute atomic E-state index is 0.743. The van der Waals surface area contributed by atoms with Gasteiger partial charge in [0.05, 0.1) is 5.52 Å². The molecule has 0 aliphatic heterocycles. The van der Waals surface area contributed by atoms with Gasteiger partial charge in [-0.2, -0.15) is 0 Å². The highest BCUT2D eigenvalue weighted by Gasteiger charge is 2.08. The lowest BCUT2D eigenvalue weighted by Gasteiger charge is -2.08. The quantitative estimate of drug-likeness (QED) is 0.427. The molecule has 86 valence electrons. The summed E-state index contributed by atoms with van der Waals surface area (Å²) >= 11 is 6.10. The topological polar surface area (TPSA) is 17.3 Å². The second kappa shape index (κ2) is 3.47. The lowest BCUT2D eigenvalue weighted by molar-refractivity contribution is 1.27. The first-order chi connectivity index (χ1) is 8.84. The van der Waals surface area contributed by atoms with Gasteiger partial charge in [0.15, 0.2) is 0 Å². The average molecular weight is 253 g/mol. The molecule has 0 unspecified atom stereocenters. The molecule has 0 spiro atoms. The molecule has 0 aliphatic carbocycles. The lowest BCUT2D eigenvalue weighted by Crippen LogP contribution is -1.90. The van der Waals surface area contributed by atoms with E-state index in [1.54, 1.807) is 0 Å². The second-order valence-electron chi connectivity index (χ2n) is 4.33. The Kier molecular flexibility index (Phi) is 1.91. The van der Waals surface area contributed by atoms with Crippen LogP contribution in [-0.2, 0) is 0 Å². The van der Waals surface area contributed by atoms with Crippen LogP contribution >= 0.6 is 11.6 Å². The fourth-order valence-corrected chi connectivity index (χ4v) is 2.71. The first-order valence-electron chi connectivity index (χ1n) is 5.77. The molecule has 0 fully saturated rings. The Morgan fingerprint density at radius 2 is 1.78 bits per heavy atom. The summed E-state index contributed by atoms with van der Waals surface area (Å²) in [6.07, 6.45) is 3.79. The van der Waals surface area contributed by atoms with Crippen molar-refractivity contribution in [2.45, 2.75) is 0 Å². The van der Waals surface area contributed by atoms with Gasteiger partial charge in [-0.25, -0.2) is 4.98 Å². The molecule has 2 heterocycles. The van der Waals surface area contributed by atoms with Crippen LogP contribution < -0.4 is 0 Å². The lowest BCUT2D eigenvalue weighted by atomic mass is 10.1. The van der Waals surface area contributed by atoms with Crippen molar-refractivity contribution in [3.8, 4) is 0 Å². The van der Waals surface area contributed by atoms with Gasteiger partial charge in [0, 0.05) is 28.2 Å². The van der Waals surface area contributed by atoms with Gasteiger partial charge in [-0.15, -0.1) is 0 Å². The number of hydrogen-bond acceptors (Lipinski definition) is 1. The standard InChI is InChI=1S/C15H9ClN2/c16-10-5-6-12-11-3-1-2-4-13(11)15-17-7-8-18(15)14(12)9-10/h1-9H. The van der Waals surface area contributed by atoms with Crippen LogP contribution in [-0.4, -0.2) is 9.38 Å². The van der Waals surface area contributed by atoms with Crippen molar-refractivity contribution in [2.24, 2.45) is 0 Å². The second-order valence-corrected chi connectivity index (χ2v) is 4.76. The van der Waals surface area contributed by atoms with Gasteiger partial charge >= 0.3 is 0 Å². The number of pyridine rings is 1. The van der Waals surface area contributed by atoms with Crippen molar-refractivity contribution in [2.75, 3.05) is 0 Å². The molecule has 0 atom stereocenters. The van der Waals surface area contributed by atoms with Crippen molar-refractivity contribution in [3.63, 3.8) is 0 Å². The number of halogens is 1. The van der Waals surface area contributed by atoms with E-state index in [1.165, 1.54) is 10.8 Å². The predicted molar refractivity (Wildman–Crippen MR) is 75.2 cm³/mol. The SMILES string of the molecule is Clc1ccc2c3ccccc3c3nccn3c2c1. The first-order valence-corrected chi connectivity index (χ1v) is 6.15. The highest BCUT2D eigenvalue weighted by atomic mass is 35.5. The van der Waals surface area contributed by atoms with Gasteiger partial charge in [0.25, 0.3) is 0 Å². The maximum atomic E-state index is 6.10. The Bertz CT molecular complexity index is 893. The van der Waals surface area contributed by atoms with Crippen molar-refractivity contribution >= 4 is 38.9 Å². The molecule has 2 aromatic heterocycles. The number of fused-ring (bicyclic) bond motifs is 6. The summed E-state index contributed by atoms with van der Waals surface area (Å²) in [4.78, 5) is 4.45. The fraction of sp³-hybridized carbons (Fsp3) is 0. The molecule has 0 bridgehead atoms. The third kappa shape index (κ3) is 1.21. The minimum Gasteiger partial charge on any atom is -0.299 e. The van der Waals surface area contributed by atoms with Crippen LogP contribution in [0, 0.1) is 0 Å². The number of aromatic nitrogens is 2. The number of hydrogen-bond donors (Lipinski definition) is 0. The molecule has 18 heavy (non-hydrogen) atoms. The van der Waals surface area contributed by atoms with Gasteiger partial charge in [0.1, 0.15) is 5.65 Å². The molecule has 4 aromatic rings. The molecule has 0 aliphatic rings. The van der Waals surface area contributed by atoms with Crippen molar-refractivity contribution < 1.29 is 0 Å². The van der Waals surface area contributed by atoms with Crippen LogP contribution in [0.15, 0.2) is 54.9 Å². The van der Waals surface area contributed by atoms with Gasteiger partial charge < -0.3 is 0 Å². The highest BCUT2D eigenvalue weighted by Crippen LogP contribution is 2.30. The molecule has 2 nitrogen and oxygen atoms in total. The molecule has 0 saturated heterocycles. The predicted octanol–water partition coefficient (Wildman–Crippen LogP) is 4.29. The Labute approximate surface area is 108 Å². The molecular formula is C15H9ClN2. The summed E-state index contributed by atoms with van der Waals surface area (Å²) in [5, 5.41) is 4.31. The largest absolute Gasteiger partial charge is 0.299 e. The van der Waals surface area contributed by atoms with Crippen molar-refractivity contribution in [1.29, 1.82) is 0 Å². The fourth-order valence-electron chi connectivity index (χ4n) is 2.54. The van der Waals surface area contributed by atoms with E-state index in [9.17, 15) is 0 Å². The Morgan fingerprint density at radius 3 is 2.67 bits per heavy atom. The monoisotopic (exact) mass is 252 g/mol. The molecule has 4 rings (SSSR count). The van der Waals surface area contributed by atoms with Crippen molar-refractivity contribution in [1.82, 2.24) is 9.38 Å². The van der Waals surface area contributed by atoms with Crippen LogP contribution in [0.2, 0.25) is 5.02 Å². The van der Waals surface area contributed by atoms with Crippen LogP contribution in [0.3, 0.4) is 0 Å². The van der Waals surface area contributed by atoms with Crippen LogP contribution in [0.4, 0.5) is 0 Å². The van der Waals surface area contributed by atoms with E-state index in [2.05, 4.69) is 33.7 Å². The van der Waals surface area contributed by atoms with E-state index in [1.807, 2.05) is 30.6 Å². The molecule has 3 heteroatoms. The van der Waals surface area contributed by atoms with E-state index in [0.29, 0.717) is 0 Å². The highest BCUT2D eigenvalue weighted by molar-refractivity contribution is 6.31. The summed E-state index contributed by atoms with van der Waals surface area (Å²) in [6.45, 7) is 0. The van der Waals surface area contributed by atoms with Crippen LogP contribution in [0.25, 0.3) is 27.3 Å². The first kappa shape index (κ1) is 9.92. The Balaban J connectivity index is 2.44. The third-order valence-corrected chi connectivity index (χ3v) is 3.55. The van der Waals surface area contributed by atoms with Crippen molar-refractivity contribution in [3.05, 3.63) is 59.9 Å². The van der Waals surface area contributed by atoms with Gasteiger partial charge in [0.2, 0.25) is 0 Å². The van der Waals surface area contributed by atoms with E-state index >= 15 is 0 Å². The van der Waals surface area contributed by atoms with E-state index in [4.69, 9.17) is 11.6 Å². The number of benzene rings is 2. The van der Waals surface area contributed by atoms with E-state index < -0.39 is 0 Å². The molecule has 0 radical (unpaired) electrons. The smallest absolute Gasteiger partial charge is 0.145 e. The zero-order valence-corrected chi connectivity index (χ0v) is 10.2. The summed E-state index contributed by atoms with van der Waals surface area (Å²) in [5.41, 5.74) is 2.06. The summed E-state index contributed by atoms with van der Waals surface area (Å²) in [7, 11) is 0. The van der Waals surface area contributed by atoms with Crippen LogP contribution in [0.5, 0.6) is 0 Å². The minimum atomic E-state index is 0.743. The number of nitrogens with zero attached hydrogens (tertiary/aromatic N) is 2. The van der Waals surface area contributed by atoms with E-state index in [-0.39, 0.29) is 0 Å². The molecule has 0 amide bonds. The number of rotatable bonds is 0. The van der Waals surface area contributed by atoms with Gasteiger partial charge in [-0.05, 0) is 17.5 Å². The summed E-state index contributed by atoms with van der Waals surface area (Å²) in [6, 6.07) is 14.3.